The first-order valence-corrected chi connectivity index (χ1v) is 9.49. The zero-order valence-corrected chi connectivity index (χ0v) is 16.9. The van der Waals surface area contributed by atoms with E-state index in [9.17, 15) is 4.79 Å². The minimum atomic E-state index is -0.140. The summed E-state index contributed by atoms with van der Waals surface area (Å²) in [6.07, 6.45) is 5.01. The summed E-state index contributed by atoms with van der Waals surface area (Å²) >= 11 is 0. The Balaban J connectivity index is 1.64. The number of hydrogen-bond donors (Lipinski definition) is 1. The van der Waals surface area contributed by atoms with Gasteiger partial charge in [-0.05, 0) is 61.7 Å². The Hall–Kier alpha value is -3.41. The number of ether oxygens (including phenoxy) is 2. The first kappa shape index (κ1) is 20.3. The molecule has 0 radical (unpaired) electrons. The third-order valence-electron chi connectivity index (χ3n) is 4.55. The van der Waals surface area contributed by atoms with Gasteiger partial charge in [-0.15, -0.1) is 0 Å². The summed E-state index contributed by atoms with van der Waals surface area (Å²) < 4.78 is 10.9. The van der Waals surface area contributed by atoms with Crippen LogP contribution in [0.15, 0.2) is 54.9 Å². The lowest BCUT2D eigenvalue weighted by atomic mass is 10.1. The molecule has 1 N–H and O–H groups in total. The summed E-state index contributed by atoms with van der Waals surface area (Å²) in [6, 6.07) is 13.3. The fraction of sp³-hybridized carbons (Fsp3) is 0.261. The third kappa shape index (κ3) is 5.10. The van der Waals surface area contributed by atoms with Gasteiger partial charge in [-0.3, -0.25) is 14.8 Å². The second-order valence-corrected chi connectivity index (χ2v) is 6.66. The Morgan fingerprint density at radius 3 is 2.59 bits per heavy atom. The molecule has 0 atom stereocenters. The topological polar surface area (TPSA) is 73.3 Å². The van der Waals surface area contributed by atoms with Crippen LogP contribution in [0, 0.1) is 6.92 Å². The third-order valence-corrected chi connectivity index (χ3v) is 4.55. The van der Waals surface area contributed by atoms with Crippen LogP contribution >= 0.6 is 0 Å². The number of aromatic nitrogens is 2. The highest BCUT2D eigenvalue weighted by Gasteiger charge is 2.15. The average Bonchev–Trinajstić information content (AvgIpc) is 2.76. The molecular formula is C23H25N3O3. The van der Waals surface area contributed by atoms with Crippen LogP contribution in [0.25, 0.3) is 11.3 Å². The van der Waals surface area contributed by atoms with Crippen LogP contribution in [-0.2, 0) is 6.42 Å². The molecule has 0 unspecified atom stereocenters. The molecule has 0 aliphatic carbocycles. The quantitative estimate of drug-likeness (QED) is 0.591. The minimum absolute atomic E-state index is 0.140. The van der Waals surface area contributed by atoms with Gasteiger partial charge in [-0.1, -0.05) is 6.07 Å². The fourth-order valence-electron chi connectivity index (χ4n) is 3.10. The fourth-order valence-corrected chi connectivity index (χ4v) is 3.10. The van der Waals surface area contributed by atoms with Crippen molar-refractivity contribution in [3.8, 4) is 22.8 Å². The van der Waals surface area contributed by atoms with Crippen molar-refractivity contribution in [3.05, 3.63) is 71.7 Å². The standard InChI is InChI=1S/C23H25N3O3/c1-16-13-19(22(29-3)21(14-16)28-2)20-10-9-17(15-26-20)23(27)25-12-6-8-18-7-4-5-11-24-18/h4-5,7,9-11,13-15H,6,8,12H2,1-3H3,(H,25,27). The molecular weight excluding hydrogens is 366 g/mol. The van der Waals surface area contributed by atoms with Crippen LogP contribution in [0.3, 0.4) is 0 Å². The molecule has 6 heteroatoms. The van der Waals surface area contributed by atoms with Gasteiger partial charge in [-0.25, -0.2) is 0 Å². The molecule has 1 aromatic carbocycles. The molecule has 0 bridgehead atoms. The van der Waals surface area contributed by atoms with Crippen molar-refractivity contribution < 1.29 is 14.3 Å². The zero-order chi connectivity index (χ0) is 20.6. The van der Waals surface area contributed by atoms with Crippen molar-refractivity contribution in [3.63, 3.8) is 0 Å². The number of hydrogen-bond acceptors (Lipinski definition) is 5. The van der Waals surface area contributed by atoms with Crippen molar-refractivity contribution in [2.45, 2.75) is 19.8 Å². The smallest absolute Gasteiger partial charge is 0.252 e. The summed E-state index contributed by atoms with van der Waals surface area (Å²) in [5.74, 6) is 1.13. The second kappa shape index (κ2) is 9.68. The summed E-state index contributed by atoms with van der Waals surface area (Å²) in [7, 11) is 3.21. The molecule has 0 aliphatic heterocycles. The molecule has 0 spiro atoms. The molecule has 3 aromatic rings. The van der Waals surface area contributed by atoms with Gasteiger partial charge >= 0.3 is 0 Å². The van der Waals surface area contributed by atoms with Crippen molar-refractivity contribution in [2.75, 3.05) is 20.8 Å². The van der Waals surface area contributed by atoms with Crippen molar-refractivity contribution in [2.24, 2.45) is 0 Å². The van der Waals surface area contributed by atoms with Gasteiger partial charge in [0, 0.05) is 30.2 Å². The summed E-state index contributed by atoms with van der Waals surface area (Å²) in [5.41, 5.74) is 4.12. The van der Waals surface area contributed by atoms with E-state index in [0.717, 1.165) is 35.4 Å². The van der Waals surface area contributed by atoms with E-state index in [-0.39, 0.29) is 5.91 Å². The number of carbonyl (C=O) groups is 1. The predicted molar refractivity (Wildman–Crippen MR) is 112 cm³/mol. The van der Waals surface area contributed by atoms with E-state index in [1.807, 2.05) is 43.3 Å². The molecule has 0 aliphatic rings. The molecule has 6 nitrogen and oxygen atoms in total. The van der Waals surface area contributed by atoms with Gasteiger partial charge in [0.15, 0.2) is 11.5 Å². The molecule has 0 saturated carbocycles. The van der Waals surface area contributed by atoms with Crippen LogP contribution < -0.4 is 14.8 Å². The lowest BCUT2D eigenvalue weighted by Gasteiger charge is -2.14. The minimum Gasteiger partial charge on any atom is -0.493 e. The molecule has 29 heavy (non-hydrogen) atoms. The maximum atomic E-state index is 12.4. The maximum absolute atomic E-state index is 12.4. The lowest BCUT2D eigenvalue weighted by molar-refractivity contribution is 0.0953. The summed E-state index contributed by atoms with van der Waals surface area (Å²) in [5, 5.41) is 2.93. The number of methoxy groups -OCH3 is 2. The van der Waals surface area contributed by atoms with E-state index in [2.05, 4.69) is 15.3 Å². The van der Waals surface area contributed by atoms with E-state index in [4.69, 9.17) is 9.47 Å². The Bertz CT molecular complexity index is 957. The Labute approximate surface area is 170 Å². The van der Waals surface area contributed by atoms with Gasteiger partial charge in [0.2, 0.25) is 0 Å². The highest BCUT2D eigenvalue weighted by atomic mass is 16.5. The normalized spacial score (nSPS) is 10.4. The van der Waals surface area contributed by atoms with Gasteiger partial charge in [0.25, 0.3) is 5.91 Å². The van der Waals surface area contributed by atoms with Crippen molar-refractivity contribution in [1.29, 1.82) is 0 Å². The number of amides is 1. The number of nitrogens with zero attached hydrogens (tertiary/aromatic N) is 2. The number of carbonyl (C=O) groups excluding carboxylic acids is 1. The molecule has 1 amide bonds. The number of rotatable bonds is 8. The van der Waals surface area contributed by atoms with Crippen LogP contribution in [0.1, 0.15) is 28.0 Å². The van der Waals surface area contributed by atoms with Crippen molar-refractivity contribution in [1.82, 2.24) is 15.3 Å². The highest BCUT2D eigenvalue weighted by molar-refractivity contribution is 5.94. The molecule has 3 rings (SSSR count). The van der Waals surface area contributed by atoms with Gasteiger partial charge in [-0.2, -0.15) is 0 Å². The van der Waals surface area contributed by atoms with E-state index in [1.165, 1.54) is 0 Å². The zero-order valence-electron chi connectivity index (χ0n) is 16.9. The molecule has 150 valence electrons. The number of benzene rings is 1. The van der Waals surface area contributed by atoms with Crippen LogP contribution in [0.4, 0.5) is 0 Å². The average molecular weight is 391 g/mol. The highest BCUT2D eigenvalue weighted by Crippen LogP contribution is 2.38. The molecule has 2 heterocycles. The number of nitrogens with one attached hydrogen (secondary N) is 1. The summed E-state index contributed by atoms with van der Waals surface area (Å²) in [6.45, 7) is 2.57. The van der Waals surface area contributed by atoms with E-state index >= 15 is 0 Å². The van der Waals surface area contributed by atoms with Crippen LogP contribution in [0.2, 0.25) is 0 Å². The first-order valence-electron chi connectivity index (χ1n) is 9.49. The van der Waals surface area contributed by atoms with E-state index in [1.54, 1.807) is 32.7 Å². The SMILES string of the molecule is COc1cc(C)cc(-c2ccc(C(=O)NCCCc3ccccn3)cn2)c1OC. The van der Waals surface area contributed by atoms with E-state index in [0.29, 0.717) is 23.6 Å². The van der Waals surface area contributed by atoms with Crippen molar-refractivity contribution >= 4 is 5.91 Å². The Kier molecular flexibility index (Phi) is 6.79. The predicted octanol–water partition coefficient (Wildman–Crippen LogP) is 3.83. The van der Waals surface area contributed by atoms with Gasteiger partial charge < -0.3 is 14.8 Å². The van der Waals surface area contributed by atoms with Crippen LogP contribution in [-0.4, -0.2) is 36.6 Å². The Morgan fingerprint density at radius 1 is 1.07 bits per heavy atom. The largest absolute Gasteiger partial charge is 0.493 e. The molecule has 2 aromatic heterocycles. The summed E-state index contributed by atoms with van der Waals surface area (Å²) in [4.78, 5) is 21.1. The lowest BCUT2D eigenvalue weighted by Crippen LogP contribution is -2.24. The van der Waals surface area contributed by atoms with Gasteiger partial charge in [0.05, 0.1) is 25.5 Å². The Morgan fingerprint density at radius 2 is 1.93 bits per heavy atom. The number of pyridine rings is 2. The van der Waals surface area contributed by atoms with E-state index < -0.39 is 0 Å². The maximum Gasteiger partial charge on any atom is 0.252 e. The first-order chi connectivity index (χ1) is 14.1. The molecule has 0 saturated heterocycles. The number of aryl methyl sites for hydroxylation is 2. The van der Waals surface area contributed by atoms with Crippen LogP contribution in [0.5, 0.6) is 11.5 Å². The monoisotopic (exact) mass is 391 g/mol. The molecule has 0 fully saturated rings. The second-order valence-electron chi connectivity index (χ2n) is 6.66. The van der Waals surface area contributed by atoms with Gasteiger partial charge in [0.1, 0.15) is 0 Å².